The molecule has 94 valence electrons. The molecule has 0 aromatic carbocycles. The first-order chi connectivity index (χ1) is 7.83. The van der Waals surface area contributed by atoms with Crippen molar-refractivity contribution < 1.29 is 9.53 Å². The molecule has 1 aliphatic rings. The zero-order valence-corrected chi connectivity index (χ0v) is 10.3. The van der Waals surface area contributed by atoms with E-state index in [1.165, 1.54) is 6.42 Å². The van der Waals surface area contributed by atoms with Crippen molar-refractivity contribution in [2.45, 2.75) is 45.1 Å². The first-order valence-electron chi connectivity index (χ1n) is 6.40. The fourth-order valence-electron chi connectivity index (χ4n) is 1.84. The lowest BCUT2D eigenvalue weighted by atomic mass is 10.1. The summed E-state index contributed by atoms with van der Waals surface area (Å²) in [5, 5.41) is 6.20. The van der Waals surface area contributed by atoms with Gasteiger partial charge in [-0.2, -0.15) is 0 Å². The van der Waals surface area contributed by atoms with Gasteiger partial charge in [0.1, 0.15) is 0 Å². The minimum absolute atomic E-state index is 0.137. The number of carbonyl (C=O) groups excluding carboxylic acids is 1. The molecule has 1 unspecified atom stereocenters. The summed E-state index contributed by atoms with van der Waals surface area (Å²) in [4.78, 5) is 11.5. The second-order valence-corrected chi connectivity index (χ2v) is 4.31. The van der Waals surface area contributed by atoms with E-state index in [0.29, 0.717) is 25.6 Å². The Kier molecular flexibility index (Phi) is 7.17. The Morgan fingerprint density at radius 2 is 2.38 bits per heavy atom. The SMILES string of the molecule is CCCCOCCNC(=O)CC1CCCN1. The fraction of sp³-hybridized carbons (Fsp3) is 0.917. The van der Waals surface area contributed by atoms with Crippen LogP contribution in [0, 0.1) is 0 Å². The van der Waals surface area contributed by atoms with Crippen LogP contribution in [0.2, 0.25) is 0 Å². The second-order valence-electron chi connectivity index (χ2n) is 4.31. The molecule has 0 spiro atoms. The van der Waals surface area contributed by atoms with Gasteiger partial charge in [-0.25, -0.2) is 0 Å². The maximum Gasteiger partial charge on any atom is 0.221 e. The summed E-state index contributed by atoms with van der Waals surface area (Å²) in [5.41, 5.74) is 0. The van der Waals surface area contributed by atoms with Gasteiger partial charge in [-0.15, -0.1) is 0 Å². The molecule has 16 heavy (non-hydrogen) atoms. The number of carbonyl (C=O) groups is 1. The van der Waals surface area contributed by atoms with Crippen molar-refractivity contribution >= 4 is 5.91 Å². The van der Waals surface area contributed by atoms with Crippen molar-refractivity contribution in [3.8, 4) is 0 Å². The molecule has 1 rings (SSSR count). The van der Waals surface area contributed by atoms with Crippen molar-refractivity contribution in [1.29, 1.82) is 0 Å². The third kappa shape index (κ3) is 6.08. The number of nitrogens with one attached hydrogen (secondary N) is 2. The maximum atomic E-state index is 11.5. The summed E-state index contributed by atoms with van der Waals surface area (Å²) in [6.07, 6.45) is 5.17. The van der Waals surface area contributed by atoms with Gasteiger partial charge in [0, 0.05) is 25.6 Å². The van der Waals surface area contributed by atoms with Crippen LogP contribution in [-0.4, -0.2) is 38.3 Å². The third-order valence-corrected chi connectivity index (χ3v) is 2.80. The number of hydrogen-bond donors (Lipinski definition) is 2. The van der Waals surface area contributed by atoms with Gasteiger partial charge in [0.2, 0.25) is 5.91 Å². The molecule has 1 saturated heterocycles. The second kappa shape index (κ2) is 8.53. The van der Waals surface area contributed by atoms with E-state index in [1.54, 1.807) is 0 Å². The highest BCUT2D eigenvalue weighted by Gasteiger charge is 2.16. The minimum Gasteiger partial charge on any atom is -0.380 e. The molecular formula is C12H24N2O2. The molecule has 0 saturated carbocycles. The highest BCUT2D eigenvalue weighted by atomic mass is 16.5. The Labute approximate surface area is 98.1 Å². The van der Waals surface area contributed by atoms with E-state index in [-0.39, 0.29) is 5.91 Å². The third-order valence-electron chi connectivity index (χ3n) is 2.80. The lowest BCUT2D eigenvalue weighted by Gasteiger charge is -2.10. The van der Waals surface area contributed by atoms with Gasteiger partial charge in [0.25, 0.3) is 0 Å². The average Bonchev–Trinajstić information content (AvgIpc) is 2.76. The van der Waals surface area contributed by atoms with Crippen molar-refractivity contribution in [1.82, 2.24) is 10.6 Å². The monoisotopic (exact) mass is 228 g/mol. The minimum atomic E-state index is 0.137. The van der Waals surface area contributed by atoms with Gasteiger partial charge < -0.3 is 15.4 Å². The van der Waals surface area contributed by atoms with E-state index >= 15 is 0 Å². The first-order valence-corrected chi connectivity index (χ1v) is 6.40. The van der Waals surface area contributed by atoms with E-state index in [0.717, 1.165) is 32.4 Å². The molecule has 1 amide bonds. The lowest BCUT2D eigenvalue weighted by molar-refractivity contribution is -0.121. The van der Waals surface area contributed by atoms with Crippen LogP contribution in [0.3, 0.4) is 0 Å². The predicted octanol–water partition coefficient (Wildman–Crippen LogP) is 1.06. The topological polar surface area (TPSA) is 50.4 Å². The Bertz CT molecular complexity index is 191. The summed E-state index contributed by atoms with van der Waals surface area (Å²) in [5.74, 6) is 0.137. The van der Waals surface area contributed by atoms with Crippen molar-refractivity contribution in [3.05, 3.63) is 0 Å². The van der Waals surface area contributed by atoms with Gasteiger partial charge in [-0.3, -0.25) is 4.79 Å². The van der Waals surface area contributed by atoms with Crippen LogP contribution in [0.1, 0.15) is 39.0 Å². The van der Waals surface area contributed by atoms with E-state index < -0.39 is 0 Å². The van der Waals surface area contributed by atoms with Gasteiger partial charge in [-0.05, 0) is 25.8 Å². The summed E-state index contributed by atoms with van der Waals surface area (Å²) in [6.45, 7) is 5.26. The van der Waals surface area contributed by atoms with Crippen LogP contribution in [0.4, 0.5) is 0 Å². The zero-order valence-electron chi connectivity index (χ0n) is 10.3. The van der Waals surface area contributed by atoms with E-state index in [9.17, 15) is 4.79 Å². The van der Waals surface area contributed by atoms with E-state index in [2.05, 4.69) is 17.6 Å². The highest BCUT2D eigenvalue weighted by Crippen LogP contribution is 2.07. The van der Waals surface area contributed by atoms with E-state index in [1.807, 2.05) is 0 Å². The molecule has 4 heteroatoms. The molecule has 1 heterocycles. The summed E-state index contributed by atoms with van der Waals surface area (Å²) >= 11 is 0. The van der Waals surface area contributed by atoms with Gasteiger partial charge in [-0.1, -0.05) is 13.3 Å². The normalized spacial score (nSPS) is 19.9. The smallest absolute Gasteiger partial charge is 0.221 e. The fourth-order valence-corrected chi connectivity index (χ4v) is 1.84. The number of hydrogen-bond acceptors (Lipinski definition) is 3. The molecule has 1 fully saturated rings. The van der Waals surface area contributed by atoms with Gasteiger partial charge >= 0.3 is 0 Å². The number of rotatable bonds is 8. The largest absolute Gasteiger partial charge is 0.380 e. The molecule has 0 radical (unpaired) electrons. The number of amides is 1. The molecule has 0 aromatic rings. The van der Waals surface area contributed by atoms with Gasteiger partial charge in [0.15, 0.2) is 0 Å². The van der Waals surface area contributed by atoms with Gasteiger partial charge in [0.05, 0.1) is 6.61 Å². The van der Waals surface area contributed by atoms with Crippen LogP contribution in [-0.2, 0) is 9.53 Å². The zero-order chi connectivity index (χ0) is 11.6. The first kappa shape index (κ1) is 13.5. The molecular weight excluding hydrogens is 204 g/mol. The summed E-state index contributed by atoms with van der Waals surface area (Å²) < 4.78 is 5.36. The maximum absolute atomic E-state index is 11.5. The van der Waals surface area contributed by atoms with E-state index in [4.69, 9.17) is 4.74 Å². The van der Waals surface area contributed by atoms with Crippen molar-refractivity contribution in [2.24, 2.45) is 0 Å². The van der Waals surface area contributed by atoms with Crippen LogP contribution in [0.25, 0.3) is 0 Å². The summed E-state index contributed by atoms with van der Waals surface area (Å²) in [6, 6.07) is 0.390. The molecule has 2 N–H and O–H groups in total. The Morgan fingerprint density at radius 3 is 3.06 bits per heavy atom. The number of ether oxygens (including phenoxy) is 1. The van der Waals surface area contributed by atoms with Crippen molar-refractivity contribution in [3.63, 3.8) is 0 Å². The van der Waals surface area contributed by atoms with Crippen molar-refractivity contribution in [2.75, 3.05) is 26.3 Å². The average molecular weight is 228 g/mol. The molecule has 1 atom stereocenters. The molecule has 4 nitrogen and oxygen atoms in total. The quantitative estimate of drug-likeness (QED) is 0.611. The van der Waals surface area contributed by atoms with Crippen LogP contribution in [0.15, 0.2) is 0 Å². The Balaban J connectivity index is 1.89. The lowest BCUT2D eigenvalue weighted by Crippen LogP contribution is -2.33. The highest BCUT2D eigenvalue weighted by molar-refractivity contribution is 5.76. The molecule has 0 aromatic heterocycles. The van der Waals surface area contributed by atoms with Crippen LogP contribution >= 0.6 is 0 Å². The van der Waals surface area contributed by atoms with Crippen LogP contribution < -0.4 is 10.6 Å². The molecule has 1 aliphatic heterocycles. The Hall–Kier alpha value is -0.610. The van der Waals surface area contributed by atoms with Crippen LogP contribution in [0.5, 0.6) is 0 Å². The Morgan fingerprint density at radius 1 is 1.50 bits per heavy atom. The number of unbranched alkanes of at least 4 members (excludes halogenated alkanes) is 1. The predicted molar refractivity (Wildman–Crippen MR) is 64.4 cm³/mol. The summed E-state index contributed by atoms with van der Waals surface area (Å²) in [7, 11) is 0. The molecule has 0 aliphatic carbocycles. The standard InChI is InChI=1S/C12H24N2O2/c1-2-3-8-16-9-7-14-12(15)10-11-5-4-6-13-11/h11,13H,2-10H2,1H3,(H,14,15). The molecule has 0 bridgehead atoms.